The molecule has 1 aromatic rings. The summed E-state index contributed by atoms with van der Waals surface area (Å²) in [7, 11) is 1.54. The second-order valence-corrected chi connectivity index (χ2v) is 10.0. The Hall–Kier alpha value is -0.930. The molecule has 1 unspecified atom stereocenters. The van der Waals surface area contributed by atoms with E-state index in [1.165, 1.54) is 0 Å². The van der Waals surface area contributed by atoms with E-state index in [1.54, 1.807) is 33.9 Å². The summed E-state index contributed by atoms with van der Waals surface area (Å²) in [5, 5.41) is 10.7. The number of aromatic nitrogens is 2. The van der Waals surface area contributed by atoms with E-state index >= 15 is 0 Å². The molecule has 1 rings (SSSR count). The van der Waals surface area contributed by atoms with Crippen LogP contribution < -0.4 is 10.0 Å². The molecule has 0 aliphatic heterocycles. The largest absolute Gasteiger partial charge is 0.598 e. The van der Waals surface area contributed by atoms with Gasteiger partial charge in [0.15, 0.2) is 11.0 Å². The summed E-state index contributed by atoms with van der Waals surface area (Å²) in [5.41, 5.74) is -0.0142. The monoisotopic (exact) mass is 390 g/mol. The molecule has 0 saturated carbocycles. The van der Waals surface area contributed by atoms with Gasteiger partial charge in [-0.2, -0.15) is 0 Å². The molecule has 0 saturated heterocycles. The van der Waals surface area contributed by atoms with Gasteiger partial charge in [0.2, 0.25) is 5.91 Å². The minimum absolute atomic E-state index is 0.161. The molecule has 1 amide bonds. The van der Waals surface area contributed by atoms with Crippen LogP contribution in [0.15, 0.2) is 6.07 Å². The van der Waals surface area contributed by atoms with Crippen LogP contribution in [0.25, 0.3) is 0 Å². The highest BCUT2D eigenvalue weighted by molar-refractivity contribution is 7.90. The lowest BCUT2D eigenvalue weighted by molar-refractivity contribution is -0.123. The van der Waals surface area contributed by atoms with Crippen molar-refractivity contribution in [1.82, 2.24) is 14.9 Å². The van der Waals surface area contributed by atoms with E-state index in [9.17, 15) is 9.35 Å². The van der Waals surface area contributed by atoms with Gasteiger partial charge in [0, 0.05) is 29.5 Å². The predicted molar refractivity (Wildman–Crippen MR) is 101 cm³/mol. The Morgan fingerprint density at radius 2 is 1.92 bits per heavy atom. The fourth-order valence-electron chi connectivity index (χ4n) is 1.66. The van der Waals surface area contributed by atoms with Crippen molar-refractivity contribution in [3.05, 3.63) is 16.8 Å². The van der Waals surface area contributed by atoms with Gasteiger partial charge in [-0.3, -0.25) is 4.79 Å². The first-order valence-electron chi connectivity index (χ1n) is 7.88. The van der Waals surface area contributed by atoms with Crippen LogP contribution in [0.1, 0.15) is 53.1 Å². The van der Waals surface area contributed by atoms with Crippen LogP contribution in [-0.2, 0) is 20.9 Å². The topological polar surface area (TPSA) is 99.2 Å². The van der Waals surface area contributed by atoms with Gasteiger partial charge in [-0.25, -0.2) is 0 Å². The number of hydrogen-bond donors (Lipinski definition) is 2. The molecule has 9 heteroatoms. The molecule has 1 heterocycles. The zero-order valence-corrected chi connectivity index (χ0v) is 17.3. The van der Waals surface area contributed by atoms with Crippen molar-refractivity contribution in [2.24, 2.45) is 5.41 Å². The Labute approximate surface area is 157 Å². The molecule has 0 fully saturated rings. The molecule has 0 aliphatic rings. The van der Waals surface area contributed by atoms with E-state index in [1.807, 2.05) is 20.8 Å². The van der Waals surface area contributed by atoms with Crippen LogP contribution in [0.5, 0.6) is 0 Å². The number of anilines is 1. The first-order valence-corrected chi connectivity index (χ1v) is 9.40. The lowest BCUT2D eigenvalue weighted by Gasteiger charge is -2.28. The second kappa shape index (κ2) is 8.64. The molecule has 25 heavy (non-hydrogen) atoms. The van der Waals surface area contributed by atoms with Crippen molar-refractivity contribution in [3.8, 4) is 0 Å². The van der Waals surface area contributed by atoms with Crippen molar-refractivity contribution in [2.45, 2.75) is 52.3 Å². The third kappa shape index (κ3) is 6.71. The third-order valence-corrected chi connectivity index (χ3v) is 5.12. The zero-order chi connectivity index (χ0) is 19.4. The molecule has 142 valence electrons. The van der Waals surface area contributed by atoms with Crippen LogP contribution >= 0.6 is 11.6 Å². The number of halogens is 1. The van der Waals surface area contributed by atoms with E-state index in [0.717, 1.165) is 0 Å². The number of ether oxygens (including phenoxy) is 1. The molecular weight excluding hydrogens is 364 g/mol. The van der Waals surface area contributed by atoms with Crippen molar-refractivity contribution in [3.63, 3.8) is 0 Å². The molecule has 0 spiro atoms. The zero-order valence-electron chi connectivity index (χ0n) is 15.8. The Bertz CT molecular complexity index is 602. The Balaban J connectivity index is 3.10. The van der Waals surface area contributed by atoms with Gasteiger partial charge < -0.3 is 14.6 Å². The maximum Gasteiger partial charge on any atom is 0.230 e. The summed E-state index contributed by atoms with van der Waals surface area (Å²) in [6.07, 6.45) is 0. The minimum Gasteiger partial charge on any atom is -0.598 e. The Morgan fingerprint density at radius 3 is 2.40 bits per heavy atom. The number of nitrogens with zero attached hydrogens (tertiary/aromatic N) is 2. The summed E-state index contributed by atoms with van der Waals surface area (Å²) < 4.78 is 20.2. The third-order valence-electron chi connectivity index (χ3n) is 3.21. The van der Waals surface area contributed by atoms with Crippen molar-refractivity contribution < 1.29 is 14.1 Å². The van der Waals surface area contributed by atoms with Gasteiger partial charge in [0.05, 0.1) is 6.61 Å². The SMILES string of the molecule is COC[C@@H](N[S+]([O-])C(C)(C)C)c1cc(NC(=O)C(C)(C)C)nnc1Cl. The summed E-state index contributed by atoms with van der Waals surface area (Å²) >= 11 is 4.84. The highest BCUT2D eigenvalue weighted by atomic mass is 35.5. The van der Waals surface area contributed by atoms with E-state index in [4.69, 9.17) is 16.3 Å². The summed E-state index contributed by atoms with van der Waals surface area (Å²) in [4.78, 5) is 12.1. The van der Waals surface area contributed by atoms with Gasteiger partial charge in [0.25, 0.3) is 0 Å². The van der Waals surface area contributed by atoms with Crippen LogP contribution in [-0.4, -0.2) is 39.1 Å². The van der Waals surface area contributed by atoms with Gasteiger partial charge in [-0.15, -0.1) is 14.9 Å². The number of rotatable bonds is 6. The Kier molecular flexibility index (Phi) is 7.64. The summed E-state index contributed by atoms with van der Waals surface area (Å²) in [6.45, 7) is 11.2. The van der Waals surface area contributed by atoms with Crippen LogP contribution in [0.3, 0.4) is 0 Å². The standard InChI is InChI=1S/C16H27ClN4O3S/c1-15(2,3)14(22)18-12-8-10(13(17)20-19-12)11(9-24-7)21-25(23)16(4,5)6/h8,11,21H,9H2,1-7H3,(H,18,19,22)/t11-,25?/m1/s1. The lowest BCUT2D eigenvalue weighted by Crippen LogP contribution is -2.42. The van der Waals surface area contributed by atoms with Gasteiger partial charge in [-0.1, -0.05) is 32.4 Å². The van der Waals surface area contributed by atoms with E-state index < -0.39 is 27.6 Å². The number of carbonyl (C=O) groups is 1. The molecule has 1 aromatic heterocycles. The van der Waals surface area contributed by atoms with Crippen molar-refractivity contribution >= 4 is 34.7 Å². The van der Waals surface area contributed by atoms with Gasteiger partial charge in [-0.05, 0) is 26.8 Å². The van der Waals surface area contributed by atoms with Crippen molar-refractivity contribution in [1.29, 1.82) is 0 Å². The van der Waals surface area contributed by atoms with Gasteiger partial charge >= 0.3 is 0 Å². The quantitative estimate of drug-likeness (QED) is 0.724. The van der Waals surface area contributed by atoms with Crippen LogP contribution in [0, 0.1) is 5.41 Å². The van der Waals surface area contributed by atoms with Crippen LogP contribution in [0.2, 0.25) is 5.15 Å². The molecule has 0 radical (unpaired) electrons. The summed E-state index contributed by atoms with van der Waals surface area (Å²) in [5.74, 6) is 0.0911. The fourth-order valence-corrected chi connectivity index (χ4v) is 2.69. The maximum atomic E-state index is 12.4. The average Bonchev–Trinajstić information content (AvgIpc) is 2.46. The van der Waals surface area contributed by atoms with Crippen molar-refractivity contribution in [2.75, 3.05) is 19.0 Å². The normalized spacial score (nSPS) is 14.9. The molecular formula is C16H27ClN4O3S. The number of carbonyl (C=O) groups excluding carboxylic acids is 1. The molecule has 0 bridgehead atoms. The first-order chi connectivity index (χ1) is 11.4. The minimum atomic E-state index is -1.33. The smallest absolute Gasteiger partial charge is 0.230 e. The average molecular weight is 391 g/mol. The molecule has 2 N–H and O–H groups in total. The highest BCUT2D eigenvalue weighted by Crippen LogP contribution is 2.26. The molecule has 7 nitrogen and oxygen atoms in total. The number of hydrogen-bond acceptors (Lipinski definition) is 6. The second-order valence-electron chi connectivity index (χ2n) is 7.69. The van der Waals surface area contributed by atoms with Crippen LogP contribution in [0.4, 0.5) is 5.82 Å². The van der Waals surface area contributed by atoms with E-state index in [2.05, 4.69) is 20.2 Å². The van der Waals surface area contributed by atoms with E-state index in [0.29, 0.717) is 5.56 Å². The number of nitrogens with one attached hydrogen (secondary N) is 2. The molecule has 0 aliphatic carbocycles. The molecule has 2 atom stereocenters. The molecule has 0 aromatic carbocycles. The lowest BCUT2D eigenvalue weighted by atomic mass is 9.96. The first kappa shape index (κ1) is 22.1. The highest BCUT2D eigenvalue weighted by Gasteiger charge is 2.31. The number of methoxy groups -OCH3 is 1. The number of amides is 1. The van der Waals surface area contributed by atoms with Gasteiger partial charge in [0.1, 0.15) is 10.8 Å². The fraction of sp³-hybridized carbons (Fsp3) is 0.688. The Morgan fingerprint density at radius 1 is 1.32 bits per heavy atom. The maximum absolute atomic E-state index is 12.4. The summed E-state index contributed by atoms with van der Waals surface area (Å²) in [6, 6.07) is 1.16. The predicted octanol–water partition coefficient (Wildman–Crippen LogP) is 2.85. The van der Waals surface area contributed by atoms with E-state index in [-0.39, 0.29) is 23.5 Å².